The smallest absolute Gasteiger partial charge is 0.422 e. The van der Waals surface area contributed by atoms with Crippen molar-refractivity contribution < 1.29 is 32.6 Å². The summed E-state index contributed by atoms with van der Waals surface area (Å²) in [5.74, 6) is -1.37. The molecule has 0 saturated carbocycles. The van der Waals surface area contributed by atoms with Crippen molar-refractivity contribution in [2.45, 2.75) is 13.1 Å². The first-order chi connectivity index (χ1) is 9.19. The SMILES string of the molecule is Cc1ccc(N(CC(=O)O)C(=O)OCC(F)(F)F)cc1. The number of carboxylic acids is 1. The van der Waals surface area contributed by atoms with Crippen LogP contribution in [0.15, 0.2) is 24.3 Å². The topological polar surface area (TPSA) is 66.8 Å². The van der Waals surface area contributed by atoms with Crippen LogP contribution in [0.3, 0.4) is 0 Å². The van der Waals surface area contributed by atoms with Crippen LogP contribution in [0.2, 0.25) is 0 Å². The fraction of sp³-hybridized carbons (Fsp3) is 0.333. The number of nitrogens with zero attached hydrogens (tertiary/aromatic N) is 1. The van der Waals surface area contributed by atoms with Crippen molar-refractivity contribution >= 4 is 17.7 Å². The Labute approximate surface area is 112 Å². The van der Waals surface area contributed by atoms with E-state index in [0.717, 1.165) is 5.56 Å². The highest BCUT2D eigenvalue weighted by atomic mass is 19.4. The Kier molecular flexibility index (Phi) is 4.95. The Balaban J connectivity index is 2.86. The van der Waals surface area contributed by atoms with Gasteiger partial charge in [0.05, 0.1) is 0 Å². The van der Waals surface area contributed by atoms with E-state index in [2.05, 4.69) is 4.74 Å². The van der Waals surface area contributed by atoms with Gasteiger partial charge in [-0.05, 0) is 19.1 Å². The fourth-order valence-electron chi connectivity index (χ4n) is 1.34. The number of benzene rings is 1. The number of rotatable bonds is 4. The van der Waals surface area contributed by atoms with Crippen molar-refractivity contribution in [1.82, 2.24) is 0 Å². The predicted molar refractivity (Wildman–Crippen MR) is 63.6 cm³/mol. The summed E-state index contributed by atoms with van der Waals surface area (Å²) in [5.41, 5.74) is 0.998. The number of halogens is 3. The van der Waals surface area contributed by atoms with E-state index in [1.807, 2.05) is 0 Å². The van der Waals surface area contributed by atoms with Gasteiger partial charge >= 0.3 is 18.2 Å². The van der Waals surface area contributed by atoms with Crippen molar-refractivity contribution in [3.8, 4) is 0 Å². The minimum Gasteiger partial charge on any atom is -0.480 e. The highest BCUT2D eigenvalue weighted by molar-refractivity contribution is 5.92. The average molecular weight is 291 g/mol. The van der Waals surface area contributed by atoms with Gasteiger partial charge in [-0.2, -0.15) is 13.2 Å². The third-order valence-electron chi connectivity index (χ3n) is 2.22. The number of ether oxygens (including phenoxy) is 1. The fourth-order valence-corrected chi connectivity index (χ4v) is 1.34. The molecule has 0 heterocycles. The van der Waals surface area contributed by atoms with Gasteiger partial charge in [-0.15, -0.1) is 0 Å². The normalized spacial score (nSPS) is 11.0. The van der Waals surface area contributed by atoms with E-state index in [1.165, 1.54) is 12.1 Å². The molecule has 0 aliphatic heterocycles. The number of hydrogen-bond donors (Lipinski definition) is 1. The standard InChI is InChI=1S/C12H12F3NO4/c1-8-2-4-9(5-3-8)16(6-10(17)18)11(19)20-7-12(13,14)15/h2-5H,6-7H2,1H3,(H,17,18). The maximum atomic E-state index is 12.0. The van der Waals surface area contributed by atoms with Crippen molar-refractivity contribution in [2.24, 2.45) is 0 Å². The maximum absolute atomic E-state index is 12.0. The van der Waals surface area contributed by atoms with Crippen LogP contribution in [0.1, 0.15) is 5.56 Å². The van der Waals surface area contributed by atoms with E-state index in [0.29, 0.717) is 4.90 Å². The Morgan fingerprint density at radius 3 is 2.25 bits per heavy atom. The molecule has 0 fully saturated rings. The zero-order valence-corrected chi connectivity index (χ0v) is 10.5. The number of anilines is 1. The molecule has 1 rings (SSSR count). The van der Waals surface area contributed by atoms with Crippen LogP contribution < -0.4 is 4.90 Å². The maximum Gasteiger partial charge on any atom is 0.422 e. The minimum atomic E-state index is -4.67. The number of hydrogen-bond acceptors (Lipinski definition) is 3. The zero-order valence-electron chi connectivity index (χ0n) is 10.5. The van der Waals surface area contributed by atoms with Gasteiger partial charge in [0.2, 0.25) is 0 Å². The van der Waals surface area contributed by atoms with Crippen LogP contribution in [0.4, 0.5) is 23.7 Å². The molecule has 0 unspecified atom stereocenters. The molecule has 0 aromatic heterocycles. The first-order valence-electron chi connectivity index (χ1n) is 5.48. The number of aliphatic carboxylic acids is 1. The molecular weight excluding hydrogens is 279 g/mol. The first-order valence-corrected chi connectivity index (χ1v) is 5.48. The number of aryl methyl sites for hydroxylation is 1. The zero-order chi connectivity index (χ0) is 15.3. The summed E-state index contributed by atoms with van der Waals surface area (Å²) in [4.78, 5) is 22.9. The molecule has 20 heavy (non-hydrogen) atoms. The molecule has 110 valence electrons. The minimum absolute atomic E-state index is 0.144. The molecule has 1 amide bonds. The lowest BCUT2D eigenvalue weighted by Gasteiger charge is -2.20. The molecule has 1 aromatic carbocycles. The monoisotopic (exact) mass is 291 g/mol. The predicted octanol–water partition coefficient (Wildman–Crippen LogP) is 2.58. The van der Waals surface area contributed by atoms with Crippen LogP contribution in [0, 0.1) is 6.92 Å². The second kappa shape index (κ2) is 6.27. The molecule has 0 spiro atoms. The van der Waals surface area contributed by atoms with E-state index in [4.69, 9.17) is 5.11 Å². The highest BCUT2D eigenvalue weighted by Crippen LogP contribution is 2.19. The third-order valence-corrected chi connectivity index (χ3v) is 2.22. The van der Waals surface area contributed by atoms with Gasteiger partial charge in [0.25, 0.3) is 0 Å². The van der Waals surface area contributed by atoms with Crippen LogP contribution in [-0.2, 0) is 9.53 Å². The largest absolute Gasteiger partial charge is 0.480 e. The number of carbonyl (C=O) groups is 2. The molecule has 0 aliphatic rings. The summed E-state index contributed by atoms with van der Waals surface area (Å²) < 4.78 is 40.0. The molecule has 8 heteroatoms. The lowest BCUT2D eigenvalue weighted by atomic mass is 10.2. The van der Waals surface area contributed by atoms with Gasteiger partial charge in [0.15, 0.2) is 6.61 Å². The van der Waals surface area contributed by atoms with E-state index in [1.54, 1.807) is 19.1 Å². The van der Waals surface area contributed by atoms with E-state index < -0.39 is 31.4 Å². The third kappa shape index (κ3) is 5.17. The molecule has 5 nitrogen and oxygen atoms in total. The second-order valence-corrected chi connectivity index (χ2v) is 3.99. The van der Waals surface area contributed by atoms with E-state index in [-0.39, 0.29) is 5.69 Å². The van der Waals surface area contributed by atoms with Gasteiger partial charge in [0.1, 0.15) is 6.54 Å². The van der Waals surface area contributed by atoms with E-state index >= 15 is 0 Å². The highest BCUT2D eigenvalue weighted by Gasteiger charge is 2.31. The van der Waals surface area contributed by atoms with Crippen molar-refractivity contribution in [3.05, 3.63) is 29.8 Å². The van der Waals surface area contributed by atoms with Crippen molar-refractivity contribution in [3.63, 3.8) is 0 Å². The van der Waals surface area contributed by atoms with Crippen molar-refractivity contribution in [2.75, 3.05) is 18.1 Å². The van der Waals surface area contributed by atoms with Crippen LogP contribution in [0.5, 0.6) is 0 Å². The van der Waals surface area contributed by atoms with Gasteiger partial charge < -0.3 is 9.84 Å². The summed E-state index contributed by atoms with van der Waals surface area (Å²) >= 11 is 0. The van der Waals surface area contributed by atoms with Crippen molar-refractivity contribution in [1.29, 1.82) is 0 Å². The van der Waals surface area contributed by atoms with Crippen LogP contribution in [0.25, 0.3) is 0 Å². The second-order valence-electron chi connectivity index (χ2n) is 3.99. The van der Waals surface area contributed by atoms with Gasteiger partial charge in [-0.3, -0.25) is 9.69 Å². The molecule has 1 aromatic rings. The number of alkyl halides is 3. The summed E-state index contributed by atoms with van der Waals surface area (Å²) in [7, 11) is 0. The lowest BCUT2D eigenvalue weighted by Crippen LogP contribution is -2.37. The molecule has 0 radical (unpaired) electrons. The Morgan fingerprint density at radius 2 is 1.80 bits per heavy atom. The summed E-state index contributed by atoms with van der Waals surface area (Å²) in [6, 6.07) is 6.04. The number of amides is 1. The number of carboxylic acid groups (broad SMARTS) is 1. The quantitative estimate of drug-likeness (QED) is 0.926. The number of carbonyl (C=O) groups excluding carboxylic acids is 1. The molecule has 0 aliphatic carbocycles. The summed E-state index contributed by atoms with van der Waals surface area (Å²) in [6.45, 7) is -0.791. The average Bonchev–Trinajstić information content (AvgIpc) is 2.33. The molecule has 0 atom stereocenters. The summed E-state index contributed by atoms with van der Waals surface area (Å²) in [5, 5.41) is 8.71. The Bertz CT molecular complexity index is 484. The summed E-state index contributed by atoms with van der Waals surface area (Å²) in [6.07, 6.45) is -6.04. The van der Waals surface area contributed by atoms with Crippen LogP contribution >= 0.6 is 0 Å². The van der Waals surface area contributed by atoms with Gasteiger partial charge in [-0.1, -0.05) is 17.7 Å². The molecule has 1 N–H and O–H groups in total. The van der Waals surface area contributed by atoms with Gasteiger partial charge in [0, 0.05) is 5.69 Å². The molecule has 0 saturated heterocycles. The first kappa shape index (κ1) is 15.8. The lowest BCUT2D eigenvalue weighted by molar-refractivity contribution is -0.159. The van der Waals surface area contributed by atoms with Gasteiger partial charge in [-0.25, -0.2) is 4.79 Å². The Hall–Kier alpha value is -2.25. The Morgan fingerprint density at radius 1 is 1.25 bits per heavy atom. The molecule has 0 bridgehead atoms. The van der Waals surface area contributed by atoms with E-state index in [9.17, 15) is 22.8 Å². The van der Waals surface area contributed by atoms with Crippen LogP contribution in [-0.4, -0.2) is 36.5 Å². The molecular formula is C12H12F3NO4.